The normalized spacial score (nSPS) is 11.2. The fourth-order valence-electron chi connectivity index (χ4n) is 2.07. The van der Waals surface area contributed by atoms with Crippen LogP contribution >= 0.6 is 0 Å². The van der Waals surface area contributed by atoms with Gasteiger partial charge in [0.25, 0.3) is 5.91 Å². The van der Waals surface area contributed by atoms with Gasteiger partial charge in [-0.05, 0) is 31.0 Å². The molecule has 5 nitrogen and oxygen atoms in total. The molecule has 0 atom stereocenters. The van der Waals surface area contributed by atoms with Gasteiger partial charge in [-0.2, -0.15) is 0 Å². The van der Waals surface area contributed by atoms with Crippen molar-refractivity contribution in [3.05, 3.63) is 23.8 Å². The molecule has 1 aromatic carbocycles. The maximum atomic E-state index is 11.5. The third kappa shape index (κ3) is 3.63. The van der Waals surface area contributed by atoms with Crippen molar-refractivity contribution in [3.63, 3.8) is 0 Å². The van der Waals surface area contributed by atoms with E-state index in [-0.39, 0.29) is 17.9 Å². The van der Waals surface area contributed by atoms with Crippen molar-refractivity contribution in [1.29, 1.82) is 0 Å². The van der Waals surface area contributed by atoms with Gasteiger partial charge in [0, 0.05) is 24.6 Å². The average molecular weight is 279 g/mol. The summed E-state index contributed by atoms with van der Waals surface area (Å²) in [4.78, 5) is 11.5. The van der Waals surface area contributed by atoms with E-state index in [9.17, 15) is 9.90 Å². The number of carbonyl (C=O) groups excluding carboxylic acids is 1. The number of carbonyl (C=O) groups is 1. The van der Waals surface area contributed by atoms with E-state index in [0.717, 1.165) is 18.5 Å². The molecule has 0 aromatic heterocycles. The highest BCUT2D eigenvalue weighted by Crippen LogP contribution is 2.28. The SMILES string of the molecule is CCC(CC)(CO)CNc1ccc(C(=O)NC)cc1N. The molecule has 0 saturated carbocycles. The Labute approximate surface area is 120 Å². The summed E-state index contributed by atoms with van der Waals surface area (Å²) in [6.45, 7) is 4.93. The third-order valence-electron chi connectivity index (χ3n) is 4.03. The Hall–Kier alpha value is -1.75. The zero-order chi connectivity index (χ0) is 15.2. The topological polar surface area (TPSA) is 87.4 Å². The van der Waals surface area contributed by atoms with Crippen LogP contribution in [-0.2, 0) is 0 Å². The first-order valence-corrected chi connectivity index (χ1v) is 6.98. The van der Waals surface area contributed by atoms with Crippen molar-refractivity contribution in [1.82, 2.24) is 5.32 Å². The Balaban J connectivity index is 2.81. The quantitative estimate of drug-likeness (QED) is 0.574. The fourth-order valence-corrected chi connectivity index (χ4v) is 2.07. The van der Waals surface area contributed by atoms with E-state index >= 15 is 0 Å². The molecule has 20 heavy (non-hydrogen) atoms. The number of anilines is 2. The first kappa shape index (κ1) is 16.3. The summed E-state index contributed by atoms with van der Waals surface area (Å²) in [5.41, 5.74) is 7.69. The van der Waals surface area contributed by atoms with Crippen LogP contribution in [0.4, 0.5) is 11.4 Å². The van der Waals surface area contributed by atoms with Crippen LogP contribution in [0, 0.1) is 5.41 Å². The van der Waals surface area contributed by atoms with E-state index in [2.05, 4.69) is 24.5 Å². The molecule has 1 aromatic rings. The van der Waals surface area contributed by atoms with Crippen LogP contribution in [0.2, 0.25) is 0 Å². The Morgan fingerprint density at radius 1 is 1.35 bits per heavy atom. The van der Waals surface area contributed by atoms with Crippen LogP contribution in [0.1, 0.15) is 37.0 Å². The van der Waals surface area contributed by atoms with Crippen LogP contribution in [0.25, 0.3) is 0 Å². The van der Waals surface area contributed by atoms with Crippen LogP contribution < -0.4 is 16.4 Å². The van der Waals surface area contributed by atoms with E-state index < -0.39 is 0 Å². The van der Waals surface area contributed by atoms with E-state index in [4.69, 9.17) is 5.73 Å². The van der Waals surface area contributed by atoms with Gasteiger partial charge in [0.05, 0.1) is 18.0 Å². The number of nitrogen functional groups attached to an aromatic ring is 1. The molecule has 0 aliphatic heterocycles. The van der Waals surface area contributed by atoms with Crippen molar-refractivity contribution in [3.8, 4) is 0 Å². The van der Waals surface area contributed by atoms with E-state index in [1.54, 1.807) is 25.2 Å². The van der Waals surface area contributed by atoms with Gasteiger partial charge in [0.15, 0.2) is 0 Å². The van der Waals surface area contributed by atoms with Crippen LogP contribution in [-0.4, -0.2) is 31.2 Å². The number of hydrogen-bond donors (Lipinski definition) is 4. The minimum atomic E-state index is -0.157. The molecule has 0 aliphatic carbocycles. The molecule has 5 N–H and O–H groups in total. The Bertz CT molecular complexity index is 448. The number of aliphatic hydroxyl groups excluding tert-OH is 1. The zero-order valence-electron chi connectivity index (χ0n) is 12.5. The molecule has 0 fully saturated rings. The van der Waals surface area contributed by atoms with Crippen LogP contribution in [0.15, 0.2) is 18.2 Å². The van der Waals surface area contributed by atoms with Crippen molar-refractivity contribution in [2.45, 2.75) is 26.7 Å². The second-order valence-electron chi connectivity index (χ2n) is 5.10. The largest absolute Gasteiger partial charge is 0.397 e. The van der Waals surface area contributed by atoms with Crippen molar-refractivity contribution < 1.29 is 9.90 Å². The molecule has 0 spiro atoms. The predicted octanol–water partition coefficient (Wildman–Crippen LogP) is 1.84. The van der Waals surface area contributed by atoms with Crippen molar-refractivity contribution in [2.24, 2.45) is 5.41 Å². The molecular formula is C15H25N3O2. The van der Waals surface area contributed by atoms with Gasteiger partial charge in [-0.25, -0.2) is 0 Å². The Morgan fingerprint density at radius 2 is 2.00 bits per heavy atom. The molecular weight excluding hydrogens is 254 g/mol. The molecule has 0 saturated heterocycles. The maximum absolute atomic E-state index is 11.5. The van der Waals surface area contributed by atoms with Crippen molar-refractivity contribution >= 4 is 17.3 Å². The lowest BCUT2D eigenvalue weighted by atomic mass is 9.83. The smallest absolute Gasteiger partial charge is 0.251 e. The number of nitrogens with one attached hydrogen (secondary N) is 2. The number of hydrogen-bond acceptors (Lipinski definition) is 4. The number of nitrogens with two attached hydrogens (primary N) is 1. The van der Waals surface area contributed by atoms with E-state index in [1.807, 2.05) is 0 Å². The maximum Gasteiger partial charge on any atom is 0.251 e. The Kier molecular flexibility index (Phi) is 5.82. The van der Waals surface area contributed by atoms with E-state index in [0.29, 0.717) is 17.8 Å². The molecule has 1 rings (SSSR count). The summed E-state index contributed by atoms with van der Waals surface area (Å²) in [6, 6.07) is 5.18. The highest BCUT2D eigenvalue weighted by Gasteiger charge is 2.25. The Morgan fingerprint density at radius 3 is 2.45 bits per heavy atom. The predicted molar refractivity (Wildman–Crippen MR) is 82.8 cm³/mol. The number of aliphatic hydroxyl groups is 1. The lowest BCUT2D eigenvalue weighted by Crippen LogP contribution is -2.32. The van der Waals surface area contributed by atoms with E-state index in [1.165, 1.54) is 0 Å². The summed E-state index contributed by atoms with van der Waals surface area (Å²) in [5.74, 6) is -0.157. The lowest BCUT2D eigenvalue weighted by molar-refractivity contribution is 0.0963. The molecule has 112 valence electrons. The van der Waals surface area contributed by atoms with Gasteiger partial charge in [0.2, 0.25) is 0 Å². The average Bonchev–Trinajstić information content (AvgIpc) is 2.49. The molecule has 1 amide bonds. The number of benzene rings is 1. The van der Waals surface area contributed by atoms with Gasteiger partial charge >= 0.3 is 0 Å². The van der Waals surface area contributed by atoms with Crippen LogP contribution in [0.3, 0.4) is 0 Å². The summed E-state index contributed by atoms with van der Waals surface area (Å²) >= 11 is 0. The van der Waals surface area contributed by atoms with Gasteiger partial charge in [0.1, 0.15) is 0 Å². The first-order valence-electron chi connectivity index (χ1n) is 6.98. The second-order valence-corrected chi connectivity index (χ2v) is 5.10. The standard InChI is InChI=1S/C15H25N3O2/c1-4-15(5-2,10-19)9-18-13-7-6-11(8-12(13)16)14(20)17-3/h6-8,18-19H,4-5,9-10,16H2,1-3H3,(H,17,20). The first-order chi connectivity index (χ1) is 9.51. The van der Waals surface area contributed by atoms with Gasteiger partial charge in [-0.3, -0.25) is 4.79 Å². The molecule has 0 aliphatic rings. The number of amides is 1. The molecule has 0 bridgehead atoms. The van der Waals surface area contributed by atoms with Gasteiger partial charge in [-0.15, -0.1) is 0 Å². The minimum Gasteiger partial charge on any atom is -0.397 e. The molecule has 0 heterocycles. The minimum absolute atomic E-state index is 0.133. The lowest BCUT2D eigenvalue weighted by Gasteiger charge is -2.30. The molecule has 0 radical (unpaired) electrons. The third-order valence-corrected chi connectivity index (χ3v) is 4.03. The summed E-state index contributed by atoms with van der Waals surface area (Å²) in [6.07, 6.45) is 1.78. The van der Waals surface area contributed by atoms with Gasteiger partial charge < -0.3 is 21.5 Å². The van der Waals surface area contributed by atoms with Crippen LogP contribution in [0.5, 0.6) is 0 Å². The monoisotopic (exact) mass is 279 g/mol. The highest BCUT2D eigenvalue weighted by molar-refractivity contribution is 5.95. The van der Waals surface area contributed by atoms with Crippen molar-refractivity contribution in [2.75, 3.05) is 31.2 Å². The molecule has 5 heteroatoms. The highest BCUT2D eigenvalue weighted by atomic mass is 16.3. The summed E-state index contributed by atoms with van der Waals surface area (Å²) in [7, 11) is 1.59. The second kappa shape index (κ2) is 7.14. The fraction of sp³-hybridized carbons (Fsp3) is 0.533. The summed E-state index contributed by atoms with van der Waals surface area (Å²) in [5, 5.41) is 15.4. The zero-order valence-corrected chi connectivity index (χ0v) is 12.5. The molecule has 0 unspecified atom stereocenters. The number of rotatable bonds is 7. The van der Waals surface area contributed by atoms with Gasteiger partial charge in [-0.1, -0.05) is 13.8 Å². The summed E-state index contributed by atoms with van der Waals surface area (Å²) < 4.78 is 0.